The minimum atomic E-state index is 1.03. The third-order valence-corrected chi connectivity index (χ3v) is 7.15. The van der Waals surface area contributed by atoms with E-state index in [4.69, 9.17) is 4.98 Å². The molecule has 0 bridgehead atoms. The van der Waals surface area contributed by atoms with Crippen LogP contribution < -0.4 is 0 Å². The van der Waals surface area contributed by atoms with Gasteiger partial charge in [0.05, 0.1) is 22.1 Å². The van der Waals surface area contributed by atoms with Crippen LogP contribution in [0, 0.1) is 0 Å². The van der Waals surface area contributed by atoms with Crippen LogP contribution in [0.4, 0.5) is 0 Å². The number of fused-ring (bicyclic) bond motifs is 12. The Morgan fingerprint density at radius 1 is 0.529 bits per heavy atom. The molecular formula is C31H19N3. The number of para-hydroxylation sites is 2. The van der Waals surface area contributed by atoms with E-state index in [1.807, 2.05) is 12.3 Å². The predicted molar refractivity (Wildman–Crippen MR) is 143 cm³/mol. The van der Waals surface area contributed by atoms with E-state index in [1.165, 1.54) is 48.7 Å². The Hall–Kier alpha value is -4.63. The Bertz CT molecular complexity index is 2060. The highest BCUT2D eigenvalue weighted by Crippen LogP contribution is 2.44. The molecular weight excluding hydrogens is 414 g/mol. The second kappa shape index (κ2) is 6.46. The molecule has 158 valence electrons. The van der Waals surface area contributed by atoms with Crippen molar-refractivity contribution >= 4 is 65.3 Å². The maximum absolute atomic E-state index is 4.91. The van der Waals surface area contributed by atoms with Crippen LogP contribution >= 0.6 is 0 Å². The molecule has 0 atom stereocenters. The Labute approximate surface area is 194 Å². The van der Waals surface area contributed by atoms with Gasteiger partial charge in [-0.3, -0.25) is 4.98 Å². The highest BCUT2D eigenvalue weighted by Gasteiger charge is 2.20. The molecule has 0 saturated heterocycles. The second-order valence-electron chi connectivity index (χ2n) is 8.89. The van der Waals surface area contributed by atoms with Gasteiger partial charge in [-0.2, -0.15) is 0 Å². The van der Waals surface area contributed by atoms with Gasteiger partial charge < -0.3 is 9.55 Å². The number of H-pyrrole nitrogens is 1. The lowest BCUT2D eigenvalue weighted by Crippen LogP contribution is -1.93. The van der Waals surface area contributed by atoms with Crippen molar-refractivity contribution in [3.05, 3.63) is 109 Å². The molecule has 0 aliphatic rings. The summed E-state index contributed by atoms with van der Waals surface area (Å²) in [5.74, 6) is 0. The number of nitrogens with zero attached hydrogens (tertiary/aromatic N) is 2. The van der Waals surface area contributed by atoms with Crippen LogP contribution in [-0.4, -0.2) is 14.5 Å². The summed E-state index contributed by atoms with van der Waals surface area (Å²) in [6.07, 6.45) is 1.90. The van der Waals surface area contributed by atoms with Gasteiger partial charge in [-0.05, 0) is 52.6 Å². The molecule has 0 fully saturated rings. The first-order chi connectivity index (χ1) is 16.9. The Morgan fingerprint density at radius 2 is 1.26 bits per heavy atom. The number of rotatable bonds is 1. The largest absolute Gasteiger partial charge is 0.354 e. The van der Waals surface area contributed by atoms with Gasteiger partial charge in [0.15, 0.2) is 0 Å². The van der Waals surface area contributed by atoms with E-state index in [9.17, 15) is 0 Å². The van der Waals surface area contributed by atoms with Gasteiger partial charge in [-0.15, -0.1) is 0 Å². The predicted octanol–water partition coefficient (Wildman–Crippen LogP) is 8.12. The van der Waals surface area contributed by atoms with Crippen molar-refractivity contribution in [2.24, 2.45) is 0 Å². The zero-order chi connectivity index (χ0) is 22.2. The third kappa shape index (κ3) is 2.18. The van der Waals surface area contributed by atoms with Gasteiger partial charge >= 0.3 is 0 Å². The quantitative estimate of drug-likeness (QED) is 0.261. The SMILES string of the molecule is c1ccc(-n2c3cccnc3c3c4c(ccc32)c2ccccc2c2c3ccccc3[nH]c24)cc1. The maximum atomic E-state index is 4.91. The number of benzene rings is 5. The van der Waals surface area contributed by atoms with Crippen molar-refractivity contribution in [3.8, 4) is 5.69 Å². The summed E-state index contributed by atoms with van der Waals surface area (Å²) in [6.45, 7) is 0. The van der Waals surface area contributed by atoms with Gasteiger partial charge in [0.25, 0.3) is 0 Å². The van der Waals surface area contributed by atoms with Crippen LogP contribution in [0.5, 0.6) is 0 Å². The molecule has 0 aliphatic carbocycles. The monoisotopic (exact) mass is 433 g/mol. The van der Waals surface area contributed by atoms with E-state index in [2.05, 4.69) is 107 Å². The van der Waals surface area contributed by atoms with Crippen molar-refractivity contribution in [1.82, 2.24) is 14.5 Å². The number of aromatic amines is 1. The normalized spacial score (nSPS) is 12.1. The molecule has 3 heterocycles. The summed E-state index contributed by atoms with van der Waals surface area (Å²) in [4.78, 5) is 8.69. The molecule has 1 N–H and O–H groups in total. The van der Waals surface area contributed by atoms with E-state index in [-0.39, 0.29) is 0 Å². The van der Waals surface area contributed by atoms with Crippen LogP contribution in [0.3, 0.4) is 0 Å². The molecule has 8 aromatic rings. The maximum Gasteiger partial charge on any atom is 0.0970 e. The summed E-state index contributed by atoms with van der Waals surface area (Å²) in [5.41, 5.74) is 6.80. The summed E-state index contributed by atoms with van der Waals surface area (Å²) in [6, 6.07) is 36.7. The first-order valence-electron chi connectivity index (χ1n) is 11.6. The zero-order valence-corrected chi connectivity index (χ0v) is 18.3. The Kier molecular flexibility index (Phi) is 3.39. The van der Waals surface area contributed by atoms with E-state index >= 15 is 0 Å². The molecule has 3 aromatic heterocycles. The molecule has 3 nitrogen and oxygen atoms in total. The fourth-order valence-electron chi connectivity index (χ4n) is 5.80. The molecule has 0 saturated carbocycles. The van der Waals surface area contributed by atoms with Crippen molar-refractivity contribution < 1.29 is 0 Å². The zero-order valence-electron chi connectivity index (χ0n) is 18.3. The molecule has 5 aromatic carbocycles. The van der Waals surface area contributed by atoms with Crippen molar-refractivity contribution in [3.63, 3.8) is 0 Å². The summed E-state index contributed by atoms with van der Waals surface area (Å²) in [7, 11) is 0. The molecule has 0 radical (unpaired) electrons. The fourth-order valence-corrected chi connectivity index (χ4v) is 5.80. The molecule has 0 spiro atoms. The number of nitrogens with one attached hydrogen (secondary N) is 1. The highest BCUT2D eigenvalue weighted by molar-refractivity contribution is 6.37. The number of hydrogen-bond acceptors (Lipinski definition) is 1. The molecule has 0 aliphatic heterocycles. The lowest BCUT2D eigenvalue weighted by Gasteiger charge is -2.10. The minimum Gasteiger partial charge on any atom is -0.354 e. The first kappa shape index (κ1) is 17.9. The second-order valence-corrected chi connectivity index (χ2v) is 8.89. The third-order valence-electron chi connectivity index (χ3n) is 7.15. The average Bonchev–Trinajstić information content (AvgIpc) is 3.45. The van der Waals surface area contributed by atoms with E-state index in [1.54, 1.807) is 0 Å². The van der Waals surface area contributed by atoms with E-state index in [0.717, 1.165) is 22.2 Å². The number of aromatic nitrogens is 3. The van der Waals surface area contributed by atoms with E-state index in [0.29, 0.717) is 0 Å². The molecule has 0 unspecified atom stereocenters. The number of pyridine rings is 1. The van der Waals surface area contributed by atoms with Crippen LogP contribution in [0.2, 0.25) is 0 Å². The van der Waals surface area contributed by atoms with Crippen LogP contribution in [-0.2, 0) is 0 Å². The van der Waals surface area contributed by atoms with Crippen LogP contribution in [0.1, 0.15) is 0 Å². The molecule has 34 heavy (non-hydrogen) atoms. The summed E-state index contributed by atoms with van der Waals surface area (Å²) < 4.78 is 2.33. The highest BCUT2D eigenvalue weighted by atomic mass is 15.0. The van der Waals surface area contributed by atoms with Gasteiger partial charge in [0.1, 0.15) is 0 Å². The topological polar surface area (TPSA) is 33.6 Å². The Morgan fingerprint density at radius 3 is 2.15 bits per heavy atom. The molecule has 8 rings (SSSR count). The van der Waals surface area contributed by atoms with Crippen molar-refractivity contribution in [2.75, 3.05) is 0 Å². The molecule has 0 amide bonds. The van der Waals surface area contributed by atoms with Crippen molar-refractivity contribution in [1.29, 1.82) is 0 Å². The minimum absolute atomic E-state index is 1.03. The summed E-state index contributed by atoms with van der Waals surface area (Å²) in [5, 5.41) is 8.77. The lowest BCUT2D eigenvalue weighted by atomic mass is 9.94. The lowest BCUT2D eigenvalue weighted by molar-refractivity contribution is 1.18. The van der Waals surface area contributed by atoms with Gasteiger partial charge in [-0.25, -0.2) is 0 Å². The van der Waals surface area contributed by atoms with Gasteiger partial charge in [-0.1, -0.05) is 66.7 Å². The number of hydrogen-bond donors (Lipinski definition) is 1. The Balaban J connectivity index is 1.73. The van der Waals surface area contributed by atoms with Crippen molar-refractivity contribution in [2.45, 2.75) is 0 Å². The smallest absolute Gasteiger partial charge is 0.0970 e. The van der Waals surface area contributed by atoms with Gasteiger partial charge in [0.2, 0.25) is 0 Å². The van der Waals surface area contributed by atoms with Crippen LogP contribution in [0.15, 0.2) is 109 Å². The van der Waals surface area contributed by atoms with Gasteiger partial charge in [0, 0.05) is 38.9 Å². The van der Waals surface area contributed by atoms with Crippen LogP contribution in [0.25, 0.3) is 71.0 Å². The standard InChI is InChI=1S/C31H19N3/c1-2-9-19(10-3-1)34-25-17-16-22-20-11-4-5-12-21(20)27-23-13-6-7-14-24(23)33-31(27)28(22)29(25)30-26(34)15-8-18-32-30/h1-18,33H. The first-order valence-corrected chi connectivity index (χ1v) is 11.6. The fraction of sp³-hybridized carbons (Fsp3) is 0. The van der Waals surface area contributed by atoms with E-state index < -0.39 is 0 Å². The average molecular weight is 434 g/mol. The molecule has 3 heteroatoms. The summed E-state index contributed by atoms with van der Waals surface area (Å²) >= 11 is 0.